The maximum Gasteiger partial charge on any atom is 0.0323 e. The lowest BCUT2D eigenvalue weighted by atomic mass is 9.89. The Morgan fingerprint density at radius 3 is 2.58 bits per heavy atom. The van der Waals surface area contributed by atoms with Crippen molar-refractivity contribution in [3.63, 3.8) is 0 Å². The van der Waals surface area contributed by atoms with Crippen LogP contribution in [0.4, 0.5) is 0 Å². The van der Waals surface area contributed by atoms with E-state index in [2.05, 4.69) is 66.3 Å². The molecule has 1 aromatic carbocycles. The average Bonchev–Trinajstić information content (AvgIpc) is 2.42. The molecule has 1 rings (SSSR count). The quantitative estimate of drug-likeness (QED) is 0.613. The molecule has 2 heteroatoms. The van der Waals surface area contributed by atoms with Gasteiger partial charge in [0.15, 0.2) is 0 Å². The first kappa shape index (κ1) is 16.7. The van der Waals surface area contributed by atoms with Crippen LogP contribution in [0.15, 0.2) is 28.7 Å². The predicted molar refractivity (Wildman–Crippen MR) is 88.5 cm³/mol. The van der Waals surface area contributed by atoms with E-state index in [0.717, 1.165) is 12.5 Å². The first-order chi connectivity index (χ1) is 9.21. The van der Waals surface area contributed by atoms with Crippen molar-refractivity contribution in [1.29, 1.82) is 0 Å². The van der Waals surface area contributed by atoms with Crippen LogP contribution in [0.2, 0.25) is 0 Å². The molecule has 0 heterocycles. The highest BCUT2D eigenvalue weighted by atomic mass is 79.9. The van der Waals surface area contributed by atoms with Gasteiger partial charge in [0.05, 0.1) is 0 Å². The summed E-state index contributed by atoms with van der Waals surface area (Å²) >= 11 is 3.58. The lowest BCUT2D eigenvalue weighted by Gasteiger charge is -2.24. The lowest BCUT2D eigenvalue weighted by molar-refractivity contribution is 0.357. The molecule has 0 saturated carbocycles. The van der Waals surface area contributed by atoms with Gasteiger partial charge in [0.2, 0.25) is 0 Å². The highest BCUT2D eigenvalue weighted by Gasteiger charge is 2.16. The third-order valence-electron chi connectivity index (χ3n) is 3.81. The molecule has 1 N–H and O–H groups in total. The second-order valence-electron chi connectivity index (χ2n) is 5.32. The van der Waals surface area contributed by atoms with Gasteiger partial charge >= 0.3 is 0 Å². The normalized spacial score (nSPS) is 14.3. The van der Waals surface area contributed by atoms with E-state index in [1.54, 1.807) is 0 Å². The van der Waals surface area contributed by atoms with Gasteiger partial charge in [-0.2, -0.15) is 0 Å². The molecule has 2 atom stereocenters. The fraction of sp³-hybridized carbons (Fsp3) is 0.647. The second kappa shape index (κ2) is 9.55. The largest absolute Gasteiger partial charge is 0.310 e. The van der Waals surface area contributed by atoms with Gasteiger partial charge < -0.3 is 5.32 Å². The summed E-state index contributed by atoms with van der Waals surface area (Å²) in [5.41, 5.74) is 1.41. The molecule has 0 aromatic heterocycles. The Bertz CT molecular complexity index is 351. The van der Waals surface area contributed by atoms with Crippen molar-refractivity contribution in [2.75, 3.05) is 6.54 Å². The van der Waals surface area contributed by atoms with Crippen molar-refractivity contribution >= 4 is 15.9 Å². The molecule has 0 aliphatic carbocycles. The summed E-state index contributed by atoms with van der Waals surface area (Å²) in [7, 11) is 0. The first-order valence-electron chi connectivity index (χ1n) is 7.70. The smallest absolute Gasteiger partial charge is 0.0323 e. The molecule has 1 aromatic rings. The Balaban J connectivity index is 2.70. The highest BCUT2D eigenvalue weighted by molar-refractivity contribution is 9.10. The molecule has 0 fully saturated rings. The summed E-state index contributed by atoms with van der Waals surface area (Å²) in [6.07, 6.45) is 6.56. The molecular formula is C17H28BrN. The van der Waals surface area contributed by atoms with Crippen LogP contribution in [0, 0.1) is 5.92 Å². The molecule has 0 bridgehead atoms. The van der Waals surface area contributed by atoms with Gasteiger partial charge in [0, 0.05) is 10.5 Å². The van der Waals surface area contributed by atoms with Gasteiger partial charge in [-0.15, -0.1) is 0 Å². The van der Waals surface area contributed by atoms with Gasteiger partial charge in [0.25, 0.3) is 0 Å². The molecule has 2 unspecified atom stereocenters. The van der Waals surface area contributed by atoms with Crippen molar-refractivity contribution in [1.82, 2.24) is 5.32 Å². The molecule has 1 nitrogen and oxygen atoms in total. The van der Waals surface area contributed by atoms with Gasteiger partial charge in [-0.05, 0) is 36.6 Å². The summed E-state index contributed by atoms with van der Waals surface area (Å²) in [6, 6.07) is 9.21. The Hall–Kier alpha value is -0.340. The van der Waals surface area contributed by atoms with Gasteiger partial charge in [-0.1, -0.05) is 74.5 Å². The number of hydrogen-bond donors (Lipinski definition) is 1. The second-order valence-corrected chi connectivity index (χ2v) is 6.23. The molecule has 0 aliphatic rings. The number of benzene rings is 1. The van der Waals surface area contributed by atoms with E-state index in [0.29, 0.717) is 6.04 Å². The van der Waals surface area contributed by atoms with E-state index in [4.69, 9.17) is 0 Å². The molecule has 0 spiro atoms. The van der Waals surface area contributed by atoms with Gasteiger partial charge in [-0.25, -0.2) is 0 Å². The van der Waals surface area contributed by atoms with Crippen molar-refractivity contribution in [2.24, 2.45) is 5.92 Å². The Morgan fingerprint density at radius 2 is 2.00 bits per heavy atom. The van der Waals surface area contributed by atoms with E-state index in [-0.39, 0.29) is 0 Å². The standard InChI is InChI=1S/C17H28BrN/c1-4-7-9-14(5-2)12-17(19-6-3)15-10-8-11-16(18)13-15/h8,10-11,13-14,17,19H,4-7,9,12H2,1-3H3. The minimum atomic E-state index is 0.490. The number of unbranched alkanes of at least 4 members (excludes halogenated alkanes) is 1. The summed E-state index contributed by atoms with van der Waals surface area (Å²) in [5, 5.41) is 3.65. The molecule has 0 radical (unpaired) electrons. The molecule has 19 heavy (non-hydrogen) atoms. The zero-order valence-corrected chi connectivity index (χ0v) is 14.2. The minimum Gasteiger partial charge on any atom is -0.310 e. The van der Waals surface area contributed by atoms with Gasteiger partial charge in [-0.3, -0.25) is 0 Å². The average molecular weight is 326 g/mol. The SMILES string of the molecule is CCCCC(CC)CC(NCC)c1cccc(Br)c1. The van der Waals surface area contributed by atoms with Crippen LogP contribution >= 0.6 is 15.9 Å². The van der Waals surface area contributed by atoms with Crippen molar-refractivity contribution < 1.29 is 0 Å². The summed E-state index contributed by atoms with van der Waals surface area (Å²) < 4.78 is 1.18. The Kier molecular flexibility index (Phi) is 8.40. The van der Waals surface area contributed by atoms with Crippen LogP contribution in [-0.2, 0) is 0 Å². The van der Waals surface area contributed by atoms with Crippen LogP contribution in [0.3, 0.4) is 0 Å². The van der Waals surface area contributed by atoms with Crippen LogP contribution in [0.5, 0.6) is 0 Å². The van der Waals surface area contributed by atoms with Crippen LogP contribution in [0.1, 0.15) is 64.5 Å². The lowest BCUT2D eigenvalue weighted by Crippen LogP contribution is -2.23. The van der Waals surface area contributed by atoms with Crippen LogP contribution < -0.4 is 5.32 Å². The molecular weight excluding hydrogens is 298 g/mol. The maximum atomic E-state index is 3.65. The highest BCUT2D eigenvalue weighted by Crippen LogP contribution is 2.28. The fourth-order valence-electron chi connectivity index (χ4n) is 2.62. The Morgan fingerprint density at radius 1 is 1.21 bits per heavy atom. The molecule has 108 valence electrons. The molecule has 0 aliphatic heterocycles. The van der Waals surface area contributed by atoms with Crippen molar-refractivity contribution in [3.05, 3.63) is 34.3 Å². The van der Waals surface area contributed by atoms with E-state index in [9.17, 15) is 0 Å². The van der Waals surface area contributed by atoms with Crippen LogP contribution in [-0.4, -0.2) is 6.54 Å². The number of hydrogen-bond acceptors (Lipinski definition) is 1. The third kappa shape index (κ3) is 6.09. The van der Waals surface area contributed by atoms with Crippen LogP contribution in [0.25, 0.3) is 0 Å². The number of halogens is 1. The maximum absolute atomic E-state index is 3.65. The summed E-state index contributed by atoms with van der Waals surface area (Å²) in [4.78, 5) is 0. The summed E-state index contributed by atoms with van der Waals surface area (Å²) in [6.45, 7) is 7.83. The fourth-order valence-corrected chi connectivity index (χ4v) is 3.04. The molecule has 0 amide bonds. The number of nitrogens with one attached hydrogen (secondary N) is 1. The minimum absolute atomic E-state index is 0.490. The zero-order valence-electron chi connectivity index (χ0n) is 12.6. The monoisotopic (exact) mass is 325 g/mol. The first-order valence-corrected chi connectivity index (χ1v) is 8.49. The topological polar surface area (TPSA) is 12.0 Å². The van der Waals surface area contributed by atoms with Gasteiger partial charge in [0.1, 0.15) is 0 Å². The van der Waals surface area contributed by atoms with E-state index in [1.165, 1.54) is 42.1 Å². The zero-order chi connectivity index (χ0) is 14.1. The summed E-state index contributed by atoms with van der Waals surface area (Å²) in [5.74, 6) is 0.836. The van der Waals surface area contributed by atoms with E-state index < -0.39 is 0 Å². The molecule has 0 saturated heterocycles. The van der Waals surface area contributed by atoms with E-state index in [1.807, 2.05) is 0 Å². The van der Waals surface area contributed by atoms with Crippen molar-refractivity contribution in [3.8, 4) is 0 Å². The van der Waals surface area contributed by atoms with Crippen molar-refractivity contribution in [2.45, 2.75) is 58.9 Å². The third-order valence-corrected chi connectivity index (χ3v) is 4.31. The number of rotatable bonds is 9. The van der Waals surface area contributed by atoms with E-state index >= 15 is 0 Å². The predicted octanol–water partition coefficient (Wildman–Crippen LogP) is 5.71. The Labute approximate surface area is 127 Å².